The molecule has 0 N–H and O–H groups in total. The molecular weight excluding hydrogens is 366 g/mol. The molecule has 0 aromatic carbocycles. The van der Waals surface area contributed by atoms with E-state index in [1.165, 1.54) is 11.3 Å². The fourth-order valence-corrected chi connectivity index (χ4v) is 3.07. The van der Waals surface area contributed by atoms with Gasteiger partial charge in [-0.1, -0.05) is 0 Å². The van der Waals surface area contributed by atoms with E-state index in [0.717, 1.165) is 24.4 Å². The van der Waals surface area contributed by atoms with E-state index in [2.05, 4.69) is 36.8 Å². The predicted octanol–water partition coefficient (Wildman–Crippen LogP) is 4.40. The second-order valence-electron chi connectivity index (χ2n) is 3.64. The van der Waals surface area contributed by atoms with Crippen LogP contribution in [0.2, 0.25) is 0 Å². The van der Waals surface area contributed by atoms with Crippen LogP contribution in [0, 0.1) is 6.92 Å². The van der Waals surface area contributed by atoms with Crippen molar-refractivity contribution in [1.82, 2.24) is 4.98 Å². The number of ketones is 1. The van der Waals surface area contributed by atoms with E-state index in [0.29, 0.717) is 6.42 Å². The first-order chi connectivity index (χ1) is 8.06. The summed E-state index contributed by atoms with van der Waals surface area (Å²) in [4.78, 5) is 17.0. The Labute approximate surface area is 120 Å². The number of halogens is 2. The summed E-state index contributed by atoms with van der Waals surface area (Å²) in [6.07, 6.45) is 2.05. The number of carbonyl (C=O) groups excluding carboxylic acids is 1. The molecule has 0 bridgehead atoms. The van der Waals surface area contributed by atoms with Gasteiger partial charge in [-0.2, -0.15) is 0 Å². The Kier molecular flexibility index (Phi) is 4.12. The number of hydrogen-bond acceptors (Lipinski definition) is 3. The topological polar surface area (TPSA) is 30.0 Å². The van der Waals surface area contributed by atoms with Crippen LogP contribution >= 0.6 is 43.2 Å². The first kappa shape index (κ1) is 12.9. The Balaban J connectivity index is 2.14. The van der Waals surface area contributed by atoms with Crippen LogP contribution in [0.1, 0.15) is 20.9 Å². The summed E-state index contributed by atoms with van der Waals surface area (Å²) in [5.74, 6) is 0.110. The van der Waals surface area contributed by atoms with Crippen molar-refractivity contribution in [3.8, 4) is 0 Å². The van der Waals surface area contributed by atoms with Crippen molar-refractivity contribution in [2.24, 2.45) is 0 Å². The fraction of sp³-hybridized carbons (Fsp3) is 0.167. The molecule has 5 heteroatoms. The SMILES string of the molecule is Cc1cc(C(=O)Cc2ccc(Br)cn2)sc1Br. The Bertz CT molecular complexity index is 529. The lowest BCUT2D eigenvalue weighted by Gasteiger charge is -1.98. The van der Waals surface area contributed by atoms with Gasteiger partial charge in [-0.15, -0.1) is 11.3 Å². The van der Waals surface area contributed by atoms with Crippen LogP contribution in [-0.4, -0.2) is 10.8 Å². The van der Waals surface area contributed by atoms with Gasteiger partial charge >= 0.3 is 0 Å². The number of aryl methyl sites for hydroxylation is 1. The highest BCUT2D eigenvalue weighted by molar-refractivity contribution is 9.11. The number of nitrogens with zero attached hydrogens (tertiary/aromatic N) is 1. The third-order valence-corrected chi connectivity index (χ3v) is 4.91. The van der Waals surface area contributed by atoms with Gasteiger partial charge in [-0.3, -0.25) is 9.78 Å². The van der Waals surface area contributed by atoms with Crippen LogP contribution in [0.4, 0.5) is 0 Å². The molecule has 2 heterocycles. The Hall–Kier alpha value is -0.520. The molecule has 2 aromatic heterocycles. The molecule has 0 unspecified atom stereocenters. The quantitative estimate of drug-likeness (QED) is 0.745. The maximum absolute atomic E-state index is 12.0. The van der Waals surface area contributed by atoms with Crippen LogP contribution in [0.3, 0.4) is 0 Å². The van der Waals surface area contributed by atoms with E-state index in [9.17, 15) is 4.79 Å². The van der Waals surface area contributed by atoms with Gasteiger partial charge in [0.15, 0.2) is 5.78 Å². The highest BCUT2D eigenvalue weighted by Gasteiger charge is 2.12. The van der Waals surface area contributed by atoms with Gasteiger partial charge in [0.25, 0.3) is 0 Å². The summed E-state index contributed by atoms with van der Waals surface area (Å²) in [5.41, 5.74) is 1.89. The van der Waals surface area contributed by atoms with Crippen LogP contribution < -0.4 is 0 Å². The number of carbonyl (C=O) groups is 1. The summed E-state index contributed by atoms with van der Waals surface area (Å²) in [6.45, 7) is 1.98. The molecule has 0 saturated heterocycles. The second-order valence-corrected chi connectivity index (χ2v) is 6.92. The van der Waals surface area contributed by atoms with E-state index >= 15 is 0 Å². The zero-order valence-electron chi connectivity index (χ0n) is 9.04. The average Bonchev–Trinajstić information content (AvgIpc) is 2.63. The lowest BCUT2D eigenvalue weighted by Crippen LogP contribution is -2.02. The minimum absolute atomic E-state index is 0.110. The van der Waals surface area contributed by atoms with Crippen molar-refractivity contribution in [1.29, 1.82) is 0 Å². The Morgan fingerprint density at radius 1 is 1.41 bits per heavy atom. The molecule has 2 rings (SSSR count). The normalized spacial score (nSPS) is 10.5. The summed E-state index contributed by atoms with van der Waals surface area (Å²) >= 11 is 8.22. The molecule has 17 heavy (non-hydrogen) atoms. The average molecular weight is 375 g/mol. The monoisotopic (exact) mass is 373 g/mol. The number of aromatic nitrogens is 1. The van der Waals surface area contributed by atoms with E-state index in [4.69, 9.17) is 0 Å². The lowest BCUT2D eigenvalue weighted by molar-refractivity contribution is 0.0996. The van der Waals surface area contributed by atoms with Gasteiger partial charge in [0.05, 0.1) is 15.1 Å². The third-order valence-electron chi connectivity index (χ3n) is 2.26. The van der Waals surface area contributed by atoms with E-state index < -0.39 is 0 Å². The smallest absolute Gasteiger partial charge is 0.178 e. The summed E-state index contributed by atoms with van der Waals surface area (Å²) in [5, 5.41) is 0. The number of Topliss-reactive ketones (excluding diaryl/α,β-unsaturated/α-hetero) is 1. The van der Waals surface area contributed by atoms with Crippen molar-refractivity contribution in [3.63, 3.8) is 0 Å². The molecule has 2 aromatic rings. The molecule has 0 radical (unpaired) electrons. The Morgan fingerprint density at radius 2 is 2.18 bits per heavy atom. The standard InChI is InChI=1S/C12H9Br2NOS/c1-7-4-11(17-12(7)14)10(16)5-9-3-2-8(13)6-15-9/h2-4,6H,5H2,1H3. The molecule has 2 nitrogen and oxygen atoms in total. The van der Waals surface area contributed by atoms with Gasteiger partial charge < -0.3 is 0 Å². The molecule has 0 fully saturated rings. The minimum atomic E-state index is 0.110. The molecule has 0 aliphatic rings. The van der Waals surface area contributed by atoms with Crippen molar-refractivity contribution < 1.29 is 4.79 Å². The van der Waals surface area contributed by atoms with Crippen molar-refractivity contribution >= 4 is 49.0 Å². The molecule has 0 saturated carbocycles. The zero-order valence-corrected chi connectivity index (χ0v) is 13.0. The van der Waals surface area contributed by atoms with Crippen LogP contribution in [0.15, 0.2) is 32.7 Å². The number of thiophene rings is 1. The van der Waals surface area contributed by atoms with Crippen LogP contribution in [-0.2, 0) is 6.42 Å². The molecule has 0 aliphatic carbocycles. The third kappa shape index (κ3) is 3.24. The Morgan fingerprint density at radius 3 is 2.71 bits per heavy atom. The summed E-state index contributed by atoms with van der Waals surface area (Å²) in [7, 11) is 0. The van der Waals surface area contributed by atoms with Gasteiger partial charge in [-0.25, -0.2) is 0 Å². The number of rotatable bonds is 3. The number of pyridine rings is 1. The van der Waals surface area contributed by atoms with E-state index in [-0.39, 0.29) is 5.78 Å². The lowest BCUT2D eigenvalue weighted by atomic mass is 10.1. The molecule has 0 spiro atoms. The predicted molar refractivity (Wildman–Crippen MR) is 76.7 cm³/mol. The number of hydrogen-bond donors (Lipinski definition) is 0. The van der Waals surface area contributed by atoms with Gasteiger partial charge in [0.1, 0.15) is 0 Å². The summed E-state index contributed by atoms with van der Waals surface area (Å²) < 4.78 is 1.94. The largest absolute Gasteiger partial charge is 0.293 e. The zero-order chi connectivity index (χ0) is 12.4. The first-order valence-corrected chi connectivity index (χ1v) is 7.36. The molecular formula is C12H9Br2NOS. The van der Waals surface area contributed by atoms with E-state index in [1.54, 1.807) is 6.20 Å². The highest BCUT2D eigenvalue weighted by Crippen LogP contribution is 2.28. The van der Waals surface area contributed by atoms with Gasteiger partial charge in [0, 0.05) is 16.4 Å². The maximum atomic E-state index is 12.0. The minimum Gasteiger partial charge on any atom is -0.293 e. The van der Waals surface area contributed by atoms with Gasteiger partial charge in [0.2, 0.25) is 0 Å². The molecule has 0 aliphatic heterocycles. The molecule has 0 atom stereocenters. The van der Waals surface area contributed by atoms with Crippen LogP contribution in [0.5, 0.6) is 0 Å². The molecule has 88 valence electrons. The fourth-order valence-electron chi connectivity index (χ4n) is 1.36. The van der Waals surface area contributed by atoms with Crippen molar-refractivity contribution in [3.05, 3.63) is 48.8 Å². The first-order valence-electron chi connectivity index (χ1n) is 4.96. The summed E-state index contributed by atoms with van der Waals surface area (Å²) in [6, 6.07) is 5.67. The maximum Gasteiger partial charge on any atom is 0.178 e. The van der Waals surface area contributed by atoms with E-state index in [1.807, 2.05) is 25.1 Å². The van der Waals surface area contributed by atoms with Crippen molar-refractivity contribution in [2.75, 3.05) is 0 Å². The van der Waals surface area contributed by atoms with Gasteiger partial charge in [-0.05, 0) is 62.5 Å². The molecule has 0 amide bonds. The second kappa shape index (κ2) is 5.42. The van der Waals surface area contributed by atoms with Crippen molar-refractivity contribution in [2.45, 2.75) is 13.3 Å². The van der Waals surface area contributed by atoms with Crippen LogP contribution in [0.25, 0.3) is 0 Å². The highest BCUT2D eigenvalue weighted by atomic mass is 79.9.